The van der Waals surface area contributed by atoms with Crippen LogP contribution in [0, 0.1) is 0 Å². The van der Waals surface area contributed by atoms with E-state index in [1.165, 1.54) is 0 Å². The molecule has 0 aliphatic rings. The molecule has 5 nitrogen and oxygen atoms in total. The molecule has 1 N–H and O–H groups in total. The van der Waals surface area contributed by atoms with Crippen molar-refractivity contribution in [3.63, 3.8) is 0 Å². The minimum absolute atomic E-state index is 0.181. The second-order valence-electron chi connectivity index (χ2n) is 6.09. The van der Waals surface area contributed by atoms with Crippen molar-refractivity contribution in [1.82, 2.24) is 4.98 Å². The molecule has 2 rings (SSSR count). The molecule has 0 radical (unpaired) electrons. The fourth-order valence-electron chi connectivity index (χ4n) is 2.59. The first-order valence-electron chi connectivity index (χ1n) is 9.11. The summed E-state index contributed by atoms with van der Waals surface area (Å²) in [5.74, 6) is -0.989. The van der Waals surface area contributed by atoms with E-state index in [9.17, 15) is 9.59 Å². The molecule has 0 unspecified atom stereocenters. The van der Waals surface area contributed by atoms with Crippen LogP contribution in [0.25, 0.3) is 10.9 Å². The molecule has 5 heteroatoms. The highest BCUT2D eigenvalue weighted by Crippen LogP contribution is 2.25. The van der Waals surface area contributed by atoms with Gasteiger partial charge in [0.15, 0.2) is 0 Å². The number of fused-ring (bicyclic) bond motifs is 1. The number of nitrogens with one attached hydrogen (secondary N) is 1. The van der Waals surface area contributed by atoms with E-state index in [-0.39, 0.29) is 11.3 Å². The van der Waals surface area contributed by atoms with Gasteiger partial charge in [0, 0.05) is 10.9 Å². The average molecular weight is 345 g/mol. The van der Waals surface area contributed by atoms with Crippen LogP contribution in [0.15, 0.2) is 18.2 Å². The van der Waals surface area contributed by atoms with Gasteiger partial charge in [-0.2, -0.15) is 0 Å². The van der Waals surface area contributed by atoms with Gasteiger partial charge >= 0.3 is 11.9 Å². The SMILES string of the molecule is CCCCOC(=O)c1[nH]c2cc(CC)ccc2c1C(=O)OCCCC. The number of aryl methyl sites for hydroxylation is 1. The van der Waals surface area contributed by atoms with E-state index < -0.39 is 11.9 Å². The molecule has 0 aliphatic carbocycles. The summed E-state index contributed by atoms with van der Waals surface area (Å²) < 4.78 is 10.6. The number of rotatable bonds is 9. The molecule has 2 aromatic rings. The van der Waals surface area contributed by atoms with Gasteiger partial charge in [0.05, 0.1) is 18.8 Å². The Morgan fingerprint density at radius 3 is 2.20 bits per heavy atom. The summed E-state index contributed by atoms with van der Waals surface area (Å²) >= 11 is 0. The van der Waals surface area contributed by atoms with Gasteiger partial charge in [0.25, 0.3) is 0 Å². The van der Waals surface area contributed by atoms with E-state index in [1.54, 1.807) is 0 Å². The smallest absolute Gasteiger partial charge is 0.355 e. The third kappa shape index (κ3) is 4.62. The first-order chi connectivity index (χ1) is 12.1. The average Bonchev–Trinajstić information content (AvgIpc) is 3.00. The molecule has 0 bridgehead atoms. The Labute approximate surface area is 148 Å². The summed E-state index contributed by atoms with van der Waals surface area (Å²) in [4.78, 5) is 28.1. The normalized spacial score (nSPS) is 10.8. The van der Waals surface area contributed by atoms with Crippen molar-refractivity contribution >= 4 is 22.8 Å². The van der Waals surface area contributed by atoms with Gasteiger partial charge in [-0.3, -0.25) is 0 Å². The molecule has 25 heavy (non-hydrogen) atoms. The summed E-state index contributed by atoms with van der Waals surface area (Å²) in [5, 5.41) is 0.695. The first-order valence-corrected chi connectivity index (χ1v) is 9.11. The fourth-order valence-corrected chi connectivity index (χ4v) is 2.59. The molecule has 0 spiro atoms. The van der Waals surface area contributed by atoms with E-state index >= 15 is 0 Å². The molecule has 0 fully saturated rings. The Bertz CT molecular complexity index is 733. The minimum atomic E-state index is -0.509. The first kappa shape index (κ1) is 19.0. The van der Waals surface area contributed by atoms with Crippen LogP contribution in [0.4, 0.5) is 0 Å². The Hall–Kier alpha value is -2.30. The van der Waals surface area contributed by atoms with Crippen molar-refractivity contribution in [1.29, 1.82) is 0 Å². The molecule has 1 heterocycles. The maximum Gasteiger partial charge on any atom is 0.355 e. The van der Waals surface area contributed by atoms with Gasteiger partial charge in [-0.15, -0.1) is 0 Å². The number of benzene rings is 1. The number of esters is 2. The summed E-state index contributed by atoms with van der Waals surface area (Å²) in [6, 6.07) is 5.79. The third-order valence-electron chi connectivity index (χ3n) is 4.14. The zero-order chi connectivity index (χ0) is 18.2. The van der Waals surface area contributed by atoms with Crippen LogP contribution < -0.4 is 0 Å². The lowest BCUT2D eigenvalue weighted by molar-refractivity contribution is 0.0450. The number of ether oxygens (including phenoxy) is 2. The molecular weight excluding hydrogens is 318 g/mol. The molecule has 0 amide bonds. The highest BCUT2D eigenvalue weighted by Gasteiger charge is 2.25. The Kier molecular flexibility index (Phi) is 7.04. The maximum absolute atomic E-state index is 12.6. The fraction of sp³-hybridized carbons (Fsp3) is 0.500. The number of carbonyl (C=O) groups excluding carboxylic acids is 2. The molecule has 1 aromatic heterocycles. The van der Waals surface area contributed by atoms with Gasteiger partial charge in [0.2, 0.25) is 0 Å². The second kappa shape index (κ2) is 9.25. The van der Waals surface area contributed by atoms with Crippen LogP contribution in [0.3, 0.4) is 0 Å². The third-order valence-corrected chi connectivity index (χ3v) is 4.14. The Morgan fingerprint density at radius 2 is 1.60 bits per heavy atom. The number of aromatic nitrogens is 1. The van der Waals surface area contributed by atoms with Gasteiger partial charge in [0.1, 0.15) is 5.69 Å². The maximum atomic E-state index is 12.6. The lowest BCUT2D eigenvalue weighted by atomic mass is 10.1. The Balaban J connectivity index is 2.37. The number of unbranched alkanes of at least 4 members (excludes halogenated alkanes) is 2. The van der Waals surface area contributed by atoms with Gasteiger partial charge in [-0.05, 0) is 30.9 Å². The zero-order valence-electron chi connectivity index (χ0n) is 15.3. The largest absolute Gasteiger partial charge is 0.462 e. The predicted octanol–water partition coefficient (Wildman–Crippen LogP) is 4.64. The van der Waals surface area contributed by atoms with Gasteiger partial charge < -0.3 is 14.5 Å². The van der Waals surface area contributed by atoms with Crippen molar-refractivity contribution in [3.8, 4) is 0 Å². The highest BCUT2D eigenvalue weighted by atomic mass is 16.5. The van der Waals surface area contributed by atoms with E-state index in [4.69, 9.17) is 9.47 Å². The van der Waals surface area contributed by atoms with Gasteiger partial charge in [-0.1, -0.05) is 45.7 Å². The van der Waals surface area contributed by atoms with Crippen molar-refractivity contribution in [3.05, 3.63) is 35.0 Å². The van der Waals surface area contributed by atoms with Crippen LogP contribution in [-0.2, 0) is 15.9 Å². The number of carbonyl (C=O) groups is 2. The number of hydrogen-bond donors (Lipinski definition) is 1. The lowest BCUT2D eigenvalue weighted by Crippen LogP contribution is -2.14. The van der Waals surface area contributed by atoms with Crippen LogP contribution >= 0.6 is 0 Å². The second-order valence-corrected chi connectivity index (χ2v) is 6.09. The van der Waals surface area contributed by atoms with E-state index in [0.717, 1.165) is 43.2 Å². The molecule has 0 atom stereocenters. The summed E-state index contributed by atoms with van der Waals surface area (Å²) in [6.45, 7) is 6.81. The standard InChI is InChI=1S/C20H27NO4/c1-4-7-11-24-19(22)17-15-10-9-14(6-3)13-16(15)21-18(17)20(23)25-12-8-5-2/h9-10,13,21H,4-8,11-12H2,1-3H3. The number of hydrogen-bond acceptors (Lipinski definition) is 4. The van der Waals surface area contributed by atoms with E-state index in [2.05, 4.69) is 11.9 Å². The molecule has 136 valence electrons. The summed E-state index contributed by atoms with van der Waals surface area (Å²) in [6.07, 6.45) is 4.34. The number of H-pyrrole nitrogens is 1. The summed E-state index contributed by atoms with van der Waals surface area (Å²) in [7, 11) is 0. The summed E-state index contributed by atoms with van der Waals surface area (Å²) in [5.41, 5.74) is 2.34. The topological polar surface area (TPSA) is 68.4 Å². The molecule has 0 aliphatic heterocycles. The van der Waals surface area contributed by atoms with E-state index in [1.807, 2.05) is 32.0 Å². The number of aromatic amines is 1. The monoisotopic (exact) mass is 345 g/mol. The Morgan fingerprint density at radius 1 is 0.960 bits per heavy atom. The molecule has 0 saturated heterocycles. The quantitative estimate of drug-likeness (QED) is 0.531. The van der Waals surface area contributed by atoms with Crippen LogP contribution in [-0.4, -0.2) is 30.1 Å². The van der Waals surface area contributed by atoms with Crippen molar-refractivity contribution in [2.24, 2.45) is 0 Å². The van der Waals surface area contributed by atoms with Gasteiger partial charge in [-0.25, -0.2) is 9.59 Å². The predicted molar refractivity (Wildman–Crippen MR) is 98.1 cm³/mol. The van der Waals surface area contributed by atoms with Crippen LogP contribution in [0.5, 0.6) is 0 Å². The van der Waals surface area contributed by atoms with Crippen LogP contribution in [0.2, 0.25) is 0 Å². The van der Waals surface area contributed by atoms with Crippen molar-refractivity contribution in [2.75, 3.05) is 13.2 Å². The highest BCUT2D eigenvalue weighted by molar-refractivity contribution is 6.12. The minimum Gasteiger partial charge on any atom is -0.462 e. The lowest BCUT2D eigenvalue weighted by Gasteiger charge is -2.06. The van der Waals surface area contributed by atoms with Crippen molar-refractivity contribution < 1.29 is 19.1 Å². The van der Waals surface area contributed by atoms with E-state index in [0.29, 0.717) is 18.6 Å². The molecular formula is C20H27NO4. The van der Waals surface area contributed by atoms with Crippen LogP contribution in [0.1, 0.15) is 72.9 Å². The zero-order valence-corrected chi connectivity index (χ0v) is 15.3. The molecule has 0 saturated carbocycles. The van der Waals surface area contributed by atoms with Crippen molar-refractivity contribution in [2.45, 2.75) is 52.9 Å². The molecule has 1 aromatic carbocycles.